The summed E-state index contributed by atoms with van der Waals surface area (Å²) in [6, 6.07) is 0. The fraction of sp³-hybridized carbons (Fsp3) is 0.692. The fourth-order valence-corrected chi connectivity index (χ4v) is 2.62. The molecule has 1 heterocycles. The molecule has 0 saturated heterocycles. The van der Waals surface area contributed by atoms with Gasteiger partial charge in [0.05, 0.1) is 5.41 Å². The number of amides is 1. The van der Waals surface area contributed by atoms with Gasteiger partial charge in [0, 0.05) is 25.1 Å². The van der Waals surface area contributed by atoms with E-state index in [0.29, 0.717) is 12.8 Å². The van der Waals surface area contributed by atoms with Crippen molar-refractivity contribution in [1.29, 1.82) is 0 Å². The molecule has 112 valence electrons. The third kappa shape index (κ3) is 2.81. The third-order valence-electron chi connectivity index (χ3n) is 4.18. The monoisotopic (exact) mass is 291 g/mol. The standard InChI is InChI=1S/C13H16F3NO3/c14-13(15,16)9-2-6-17(7-3-9)10(18)8-12(11(19)20)4-1-5-12/h2H,1,3-8H2,(H,19,20). The number of rotatable bonds is 3. The van der Waals surface area contributed by atoms with Gasteiger partial charge in [0.2, 0.25) is 5.91 Å². The lowest BCUT2D eigenvalue weighted by Crippen LogP contribution is -2.45. The van der Waals surface area contributed by atoms with Gasteiger partial charge in [-0.05, 0) is 19.3 Å². The van der Waals surface area contributed by atoms with Crippen LogP contribution < -0.4 is 0 Å². The molecule has 1 amide bonds. The second-order valence-corrected chi connectivity index (χ2v) is 5.43. The summed E-state index contributed by atoms with van der Waals surface area (Å²) < 4.78 is 37.4. The predicted molar refractivity (Wildman–Crippen MR) is 63.9 cm³/mol. The molecule has 0 radical (unpaired) electrons. The van der Waals surface area contributed by atoms with E-state index in [1.165, 1.54) is 4.90 Å². The maximum absolute atomic E-state index is 12.5. The molecular weight excluding hydrogens is 275 g/mol. The smallest absolute Gasteiger partial charge is 0.412 e. The molecule has 2 rings (SSSR count). The number of hydrogen-bond acceptors (Lipinski definition) is 2. The second kappa shape index (κ2) is 5.10. The average Bonchev–Trinajstić information content (AvgIpc) is 2.32. The number of carbonyl (C=O) groups is 2. The zero-order valence-corrected chi connectivity index (χ0v) is 10.9. The molecule has 1 saturated carbocycles. The van der Waals surface area contributed by atoms with Crippen LogP contribution in [-0.4, -0.2) is 41.1 Å². The van der Waals surface area contributed by atoms with Crippen molar-refractivity contribution >= 4 is 11.9 Å². The minimum atomic E-state index is -4.34. The van der Waals surface area contributed by atoms with Gasteiger partial charge in [0.25, 0.3) is 0 Å². The SMILES string of the molecule is O=C(CC1(C(=O)O)CCC1)N1CC=C(C(F)(F)F)CC1. The first-order valence-corrected chi connectivity index (χ1v) is 6.52. The van der Waals surface area contributed by atoms with Crippen LogP contribution in [0.4, 0.5) is 13.2 Å². The zero-order chi connectivity index (χ0) is 15.0. The largest absolute Gasteiger partial charge is 0.481 e. The van der Waals surface area contributed by atoms with E-state index in [9.17, 15) is 22.8 Å². The minimum absolute atomic E-state index is 0.000123. The molecule has 1 N–H and O–H groups in total. The van der Waals surface area contributed by atoms with Gasteiger partial charge in [-0.3, -0.25) is 9.59 Å². The average molecular weight is 291 g/mol. The molecule has 1 aliphatic carbocycles. The van der Waals surface area contributed by atoms with E-state index in [2.05, 4.69) is 0 Å². The summed E-state index contributed by atoms with van der Waals surface area (Å²) in [5, 5.41) is 9.15. The van der Waals surface area contributed by atoms with Crippen molar-refractivity contribution in [3.8, 4) is 0 Å². The quantitative estimate of drug-likeness (QED) is 0.812. The van der Waals surface area contributed by atoms with Crippen LogP contribution in [0.1, 0.15) is 32.1 Å². The molecule has 0 atom stereocenters. The summed E-state index contributed by atoms with van der Waals surface area (Å²) in [5.74, 6) is -1.36. The van der Waals surface area contributed by atoms with Crippen molar-refractivity contribution in [1.82, 2.24) is 4.90 Å². The van der Waals surface area contributed by atoms with E-state index >= 15 is 0 Å². The van der Waals surface area contributed by atoms with E-state index in [-0.39, 0.29) is 31.8 Å². The lowest BCUT2D eigenvalue weighted by atomic mass is 9.66. The molecule has 0 aromatic rings. The number of halogens is 3. The van der Waals surface area contributed by atoms with Gasteiger partial charge in [-0.25, -0.2) is 0 Å². The summed E-state index contributed by atoms with van der Waals surface area (Å²) in [7, 11) is 0. The maximum Gasteiger partial charge on any atom is 0.412 e. The highest BCUT2D eigenvalue weighted by Crippen LogP contribution is 2.44. The van der Waals surface area contributed by atoms with Gasteiger partial charge in [-0.2, -0.15) is 13.2 Å². The highest BCUT2D eigenvalue weighted by atomic mass is 19.4. The molecule has 20 heavy (non-hydrogen) atoms. The molecule has 1 aliphatic heterocycles. The summed E-state index contributed by atoms with van der Waals surface area (Å²) >= 11 is 0. The Morgan fingerprint density at radius 1 is 1.35 bits per heavy atom. The summed E-state index contributed by atoms with van der Waals surface area (Å²) in [4.78, 5) is 24.5. The van der Waals surface area contributed by atoms with E-state index in [1.54, 1.807) is 0 Å². The Morgan fingerprint density at radius 3 is 2.35 bits per heavy atom. The van der Waals surface area contributed by atoms with Gasteiger partial charge in [-0.15, -0.1) is 0 Å². The van der Waals surface area contributed by atoms with Gasteiger partial charge in [-0.1, -0.05) is 12.5 Å². The third-order valence-corrected chi connectivity index (χ3v) is 4.18. The van der Waals surface area contributed by atoms with E-state index < -0.39 is 23.1 Å². The van der Waals surface area contributed by atoms with Crippen LogP contribution in [-0.2, 0) is 9.59 Å². The Morgan fingerprint density at radius 2 is 2.00 bits per heavy atom. The normalized spacial score (nSPS) is 21.9. The van der Waals surface area contributed by atoms with Crippen molar-refractivity contribution < 1.29 is 27.9 Å². The maximum atomic E-state index is 12.5. The van der Waals surface area contributed by atoms with Crippen molar-refractivity contribution in [2.45, 2.75) is 38.3 Å². The molecule has 0 unspecified atom stereocenters. The zero-order valence-electron chi connectivity index (χ0n) is 10.9. The molecule has 4 nitrogen and oxygen atoms in total. The summed E-state index contributed by atoms with van der Waals surface area (Å²) in [5.41, 5.74) is -1.61. The summed E-state index contributed by atoms with van der Waals surface area (Å²) in [6.07, 6.45) is -1.97. The first-order valence-electron chi connectivity index (χ1n) is 6.52. The molecule has 2 aliphatic rings. The number of alkyl halides is 3. The van der Waals surface area contributed by atoms with Crippen LogP contribution in [0.25, 0.3) is 0 Å². The molecule has 0 bridgehead atoms. The highest BCUT2D eigenvalue weighted by molar-refractivity contribution is 5.85. The van der Waals surface area contributed by atoms with Gasteiger partial charge >= 0.3 is 12.1 Å². The van der Waals surface area contributed by atoms with Gasteiger partial charge in [0.1, 0.15) is 0 Å². The van der Waals surface area contributed by atoms with Gasteiger partial charge in [0.15, 0.2) is 0 Å². The second-order valence-electron chi connectivity index (χ2n) is 5.43. The molecule has 0 aromatic carbocycles. The van der Waals surface area contributed by atoms with Crippen LogP contribution in [0.5, 0.6) is 0 Å². The number of aliphatic carboxylic acids is 1. The van der Waals surface area contributed by atoms with Gasteiger partial charge < -0.3 is 10.0 Å². The Labute approximate surface area is 114 Å². The number of nitrogens with zero attached hydrogens (tertiary/aromatic N) is 1. The van der Waals surface area contributed by atoms with E-state index in [1.807, 2.05) is 0 Å². The number of carboxylic acid groups (broad SMARTS) is 1. The van der Waals surface area contributed by atoms with Crippen LogP contribution in [0, 0.1) is 5.41 Å². The Bertz CT molecular complexity index is 452. The minimum Gasteiger partial charge on any atom is -0.481 e. The van der Waals surface area contributed by atoms with Crippen molar-refractivity contribution in [2.24, 2.45) is 5.41 Å². The number of carbonyl (C=O) groups excluding carboxylic acids is 1. The first-order chi connectivity index (χ1) is 9.24. The van der Waals surface area contributed by atoms with Crippen molar-refractivity contribution in [3.05, 3.63) is 11.6 Å². The summed E-state index contributed by atoms with van der Waals surface area (Å²) in [6.45, 7) is -0.0940. The molecule has 0 spiro atoms. The van der Waals surface area contributed by atoms with Crippen LogP contribution in [0.15, 0.2) is 11.6 Å². The molecule has 7 heteroatoms. The van der Waals surface area contributed by atoms with Crippen LogP contribution in [0.2, 0.25) is 0 Å². The van der Waals surface area contributed by atoms with E-state index in [4.69, 9.17) is 5.11 Å². The van der Waals surface area contributed by atoms with Crippen molar-refractivity contribution in [3.63, 3.8) is 0 Å². The highest BCUT2D eigenvalue weighted by Gasteiger charge is 2.47. The Hall–Kier alpha value is -1.53. The molecular formula is C13H16F3NO3. The number of carboxylic acids is 1. The van der Waals surface area contributed by atoms with Crippen molar-refractivity contribution in [2.75, 3.05) is 13.1 Å². The van der Waals surface area contributed by atoms with Crippen LogP contribution in [0.3, 0.4) is 0 Å². The first kappa shape index (κ1) is 14.9. The Balaban J connectivity index is 1.96. The lowest BCUT2D eigenvalue weighted by Gasteiger charge is -2.39. The lowest BCUT2D eigenvalue weighted by molar-refractivity contribution is -0.159. The number of hydrogen-bond donors (Lipinski definition) is 1. The molecule has 1 fully saturated rings. The topological polar surface area (TPSA) is 57.6 Å². The Kier molecular flexibility index (Phi) is 3.80. The molecule has 0 aromatic heterocycles. The predicted octanol–water partition coefficient (Wildman–Crippen LogP) is 2.35. The fourth-order valence-electron chi connectivity index (χ4n) is 2.62. The van der Waals surface area contributed by atoms with Crippen LogP contribution >= 0.6 is 0 Å². The van der Waals surface area contributed by atoms with E-state index in [0.717, 1.165) is 12.5 Å².